The van der Waals surface area contributed by atoms with Gasteiger partial charge in [0.25, 0.3) is 5.91 Å². The highest BCUT2D eigenvalue weighted by Gasteiger charge is 2.06. The second-order valence-electron chi connectivity index (χ2n) is 6.01. The lowest BCUT2D eigenvalue weighted by Gasteiger charge is -2.10. The zero-order chi connectivity index (χ0) is 17.6. The molecule has 0 aliphatic carbocycles. The third-order valence-corrected chi connectivity index (χ3v) is 3.68. The van der Waals surface area contributed by atoms with Gasteiger partial charge in [-0.15, -0.1) is 0 Å². The van der Waals surface area contributed by atoms with Gasteiger partial charge in [-0.3, -0.25) is 4.79 Å². The van der Waals surface area contributed by atoms with Gasteiger partial charge in [0.1, 0.15) is 5.75 Å². The van der Waals surface area contributed by atoms with Crippen molar-refractivity contribution in [3.63, 3.8) is 0 Å². The van der Waals surface area contributed by atoms with Crippen molar-refractivity contribution < 1.29 is 9.53 Å². The van der Waals surface area contributed by atoms with Gasteiger partial charge < -0.3 is 14.6 Å². The first-order chi connectivity index (χ1) is 12.1. The average Bonchev–Trinajstić information content (AvgIpc) is 3.15. The molecule has 128 valence electrons. The number of nitrogens with one attached hydrogen (secondary N) is 1. The second-order valence-corrected chi connectivity index (χ2v) is 6.01. The summed E-state index contributed by atoms with van der Waals surface area (Å²) in [6.07, 6.45) is 5.50. The van der Waals surface area contributed by atoms with E-state index in [0.29, 0.717) is 12.1 Å². The summed E-state index contributed by atoms with van der Waals surface area (Å²) in [5.74, 6) is 0.663. The number of nitrogens with zero attached hydrogens (tertiary/aromatic N) is 2. The van der Waals surface area contributed by atoms with Crippen molar-refractivity contribution in [1.29, 1.82) is 0 Å². The van der Waals surface area contributed by atoms with Crippen LogP contribution in [-0.4, -0.2) is 21.6 Å². The predicted molar refractivity (Wildman–Crippen MR) is 96.9 cm³/mol. The van der Waals surface area contributed by atoms with E-state index in [1.165, 1.54) is 0 Å². The number of benzene rings is 2. The third-order valence-electron chi connectivity index (χ3n) is 3.68. The number of hydrogen-bond donors (Lipinski definition) is 1. The molecule has 0 aliphatic heterocycles. The average molecular weight is 335 g/mol. The summed E-state index contributed by atoms with van der Waals surface area (Å²) in [5, 5.41) is 2.93. The van der Waals surface area contributed by atoms with E-state index in [2.05, 4.69) is 10.3 Å². The molecule has 1 heterocycles. The van der Waals surface area contributed by atoms with Crippen LogP contribution in [0.15, 0.2) is 67.3 Å². The molecule has 3 aromatic rings. The highest BCUT2D eigenvalue weighted by molar-refractivity contribution is 5.94. The number of amides is 1. The Hall–Kier alpha value is -3.08. The quantitative estimate of drug-likeness (QED) is 0.749. The number of carbonyl (C=O) groups is 1. The van der Waals surface area contributed by atoms with Crippen LogP contribution in [0.25, 0.3) is 5.69 Å². The maximum Gasteiger partial charge on any atom is 0.251 e. The van der Waals surface area contributed by atoms with Crippen molar-refractivity contribution in [2.45, 2.75) is 26.5 Å². The van der Waals surface area contributed by atoms with Gasteiger partial charge in [-0.05, 0) is 55.8 Å². The summed E-state index contributed by atoms with van der Waals surface area (Å²) in [6, 6.07) is 15.2. The summed E-state index contributed by atoms with van der Waals surface area (Å²) >= 11 is 0. The van der Waals surface area contributed by atoms with Crippen LogP contribution in [0.3, 0.4) is 0 Å². The van der Waals surface area contributed by atoms with Crippen LogP contribution in [0.2, 0.25) is 0 Å². The fraction of sp³-hybridized carbons (Fsp3) is 0.200. The van der Waals surface area contributed by atoms with Crippen LogP contribution >= 0.6 is 0 Å². The molecule has 0 bridgehead atoms. The van der Waals surface area contributed by atoms with Crippen molar-refractivity contribution in [3.05, 3.63) is 78.4 Å². The first-order valence-corrected chi connectivity index (χ1v) is 8.24. The Morgan fingerprint density at radius 1 is 1.12 bits per heavy atom. The van der Waals surface area contributed by atoms with Gasteiger partial charge in [-0.25, -0.2) is 4.98 Å². The van der Waals surface area contributed by atoms with Gasteiger partial charge in [0.15, 0.2) is 0 Å². The number of imidazole rings is 1. The second kappa shape index (κ2) is 7.66. The molecule has 0 saturated heterocycles. The van der Waals surface area contributed by atoms with Crippen LogP contribution in [0.4, 0.5) is 0 Å². The van der Waals surface area contributed by atoms with Gasteiger partial charge in [-0.2, -0.15) is 0 Å². The molecular formula is C20H21N3O2. The largest absolute Gasteiger partial charge is 0.491 e. The molecule has 0 saturated carbocycles. The van der Waals surface area contributed by atoms with Crippen molar-refractivity contribution in [3.8, 4) is 11.4 Å². The first kappa shape index (κ1) is 16.8. The van der Waals surface area contributed by atoms with E-state index in [1.54, 1.807) is 24.7 Å². The highest BCUT2D eigenvalue weighted by Crippen LogP contribution is 2.14. The molecule has 0 aliphatic rings. The Bertz CT molecular complexity index is 807. The molecule has 2 aromatic carbocycles. The summed E-state index contributed by atoms with van der Waals surface area (Å²) in [6.45, 7) is 4.42. The summed E-state index contributed by atoms with van der Waals surface area (Å²) in [4.78, 5) is 16.3. The van der Waals surface area contributed by atoms with E-state index >= 15 is 0 Å². The molecule has 5 heteroatoms. The van der Waals surface area contributed by atoms with E-state index in [0.717, 1.165) is 17.0 Å². The molecular weight excluding hydrogens is 314 g/mol. The lowest BCUT2D eigenvalue weighted by Crippen LogP contribution is -2.22. The van der Waals surface area contributed by atoms with E-state index in [9.17, 15) is 4.79 Å². The maximum atomic E-state index is 12.2. The Labute approximate surface area is 147 Å². The molecule has 25 heavy (non-hydrogen) atoms. The molecule has 0 radical (unpaired) electrons. The zero-order valence-corrected chi connectivity index (χ0v) is 14.3. The topological polar surface area (TPSA) is 56.1 Å². The van der Waals surface area contributed by atoms with Crippen LogP contribution in [0.1, 0.15) is 29.8 Å². The van der Waals surface area contributed by atoms with Crippen molar-refractivity contribution >= 4 is 5.91 Å². The lowest BCUT2D eigenvalue weighted by molar-refractivity contribution is 0.0951. The molecule has 1 amide bonds. The Morgan fingerprint density at radius 3 is 2.44 bits per heavy atom. The molecule has 1 aromatic heterocycles. The highest BCUT2D eigenvalue weighted by atomic mass is 16.5. The SMILES string of the molecule is CC(C)Oc1ccc(C(=O)NCc2ccc(-n3ccnc3)cc2)cc1. The molecule has 0 unspecified atom stereocenters. The number of ether oxygens (including phenoxy) is 1. The van der Waals surface area contributed by atoms with Crippen molar-refractivity contribution in [1.82, 2.24) is 14.9 Å². The summed E-state index contributed by atoms with van der Waals surface area (Å²) in [5.41, 5.74) is 2.69. The monoisotopic (exact) mass is 335 g/mol. The maximum absolute atomic E-state index is 12.2. The fourth-order valence-corrected chi connectivity index (χ4v) is 2.44. The first-order valence-electron chi connectivity index (χ1n) is 8.24. The standard InChI is InChI=1S/C20H21N3O2/c1-15(2)25-19-9-5-17(6-10-19)20(24)22-13-16-3-7-18(8-4-16)23-12-11-21-14-23/h3-12,14-15H,13H2,1-2H3,(H,22,24). The van der Waals surface area contributed by atoms with E-state index < -0.39 is 0 Å². The molecule has 1 N–H and O–H groups in total. The number of aromatic nitrogens is 2. The number of hydrogen-bond acceptors (Lipinski definition) is 3. The molecule has 5 nitrogen and oxygen atoms in total. The molecule has 0 atom stereocenters. The van der Waals surface area contributed by atoms with Crippen molar-refractivity contribution in [2.75, 3.05) is 0 Å². The van der Waals surface area contributed by atoms with Crippen LogP contribution in [0.5, 0.6) is 5.75 Å². The minimum Gasteiger partial charge on any atom is -0.491 e. The van der Waals surface area contributed by atoms with Gasteiger partial charge in [-0.1, -0.05) is 12.1 Å². The van der Waals surface area contributed by atoms with Gasteiger partial charge in [0.2, 0.25) is 0 Å². The normalized spacial score (nSPS) is 10.7. The Kier molecular flexibility index (Phi) is 5.14. The minimum absolute atomic E-state index is 0.102. The van der Waals surface area contributed by atoms with Crippen LogP contribution in [0, 0.1) is 0 Å². The van der Waals surface area contributed by atoms with Gasteiger partial charge in [0, 0.05) is 30.2 Å². The summed E-state index contributed by atoms with van der Waals surface area (Å²) in [7, 11) is 0. The van der Waals surface area contributed by atoms with Crippen LogP contribution < -0.4 is 10.1 Å². The fourth-order valence-electron chi connectivity index (χ4n) is 2.44. The Balaban J connectivity index is 1.56. The van der Waals surface area contributed by atoms with Crippen LogP contribution in [-0.2, 0) is 6.54 Å². The third kappa shape index (κ3) is 4.47. The lowest BCUT2D eigenvalue weighted by atomic mass is 10.1. The molecule has 0 fully saturated rings. The number of rotatable bonds is 6. The Morgan fingerprint density at radius 2 is 1.84 bits per heavy atom. The number of carbonyl (C=O) groups excluding carboxylic acids is 1. The minimum atomic E-state index is -0.102. The molecule has 0 spiro atoms. The van der Waals surface area contributed by atoms with E-state index in [-0.39, 0.29) is 12.0 Å². The van der Waals surface area contributed by atoms with E-state index in [1.807, 2.05) is 61.0 Å². The predicted octanol–water partition coefficient (Wildman–Crippen LogP) is 3.59. The molecule has 3 rings (SSSR count). The smallest absolute Gasteiger partial charge is 0.251 e. The van der Waals surface area contributed by atoms with Gasteiger partial charge in [0.05, 0.1) is 12.4 Å². The zero-order valence-electron chi connectivity index (χ0n) is 14.3. The van der Waals surface area contributed by atoms with E-state index in [4.69, 9.17) is 4.74 Å². The summed E-state index contributed by atoms with van der Waals surface area (Å²) < 4.78 is 7.52. The van der Waals surface area contributed by atoms with Crippen molar-refractivity contribution in [2.24, 2.45) is 0 Å². The van der Waals surface area contributed by atoms with Gasteiger partial charge >= 0.3 is 0 Å².